The number of likely N-dealkylation sites (tertiary alicyclic amines) is 2. The number of hydrogen-bond donors (Lipinski definition) is 0. The largest absolute Gasteiger partial charge is 0.340 e. The molecule has 0 N–H and O–H groups in total. The van der Waals surface area contributed by atoms with Gasteiger partial charge in [0.1, 0.15) is 5.69 Å². The first-order valence-corrected chi connectivity index (χ1v) is 13.3. The van der Waals surface area contributed by atoms with Crippen LogP contribution in [0.5, 0.6) is 0 Å². The Morgan fingerprint density at radius 3 is 2.22 bits per heavy atom. The van der Waals surface area contributed by atoms with Crippen molar-refractivity contribution >= 4 is 5.91 Å². The van der Waals surface area contributed by atoms with Crippen molar-refractivity contribution in [2.45, 2.75) is 51.6 Å². The zero-order chi connectivity index (χ0) is 24.9. The number of benzene rings is 2. The van der Waals surface area contributed by atoms with E-state index in [1.165, 1.54) is 16.7 Å². The van der Waals surface area contributed by atoms with Crippen molar-refractivity contribution in [3.63, 3.8) is 0 Å². The summed E-state index contributed by atoms with van der Waals surface area (Å²) in [6.45, 7) is 6.77. The third kappa shape index (κ3) is 5.71. The van der Waals surface area contributed by atoms with E-state index >= 15 is 0 Å². The molecular weight excluding hydrogens is 444 g/mol. The first-order chi connectivity index (χ1) is 17.6. The number of carbonyl (C=O) groups is 1. The number of piperidine rings is 2. The highest BCUT2D eigenvalue weighted by molar-refractivity contribution is 5.93. The average Bonchev–Trinajstić information content (AvgIpc) is 3.41. The van der Waals surface area contributed by atoms with Gasteiger partial charge in [-0.25, -0.2) is 0 Å². The van der Waals surface area contributed by atoms with E-state index in [9.17, 15) is 4.79 Å². The molecule has 0 spiro atoms. The van der Waals surface area contributed by atoms with Gasteiger partial charge in [-0.05, 0) is 80.3 Å². The molecule has 0 unspecified atom stereocenters. The molecule has 0 bridgehead atoms. The second kappa shape index (κ2) is 11.1. The predicted molar refractivity (Wildman–Crippen MR) is 143 cm³/mol. The summed E-state index contributed by atoms with van der Waals surface area (Å²) < 4.78 is 2.24. The molecule has 2 aromatic carbocycles. The van der Waals surface area contributed by atoms with E-state index in [1.807, 2.05) is 24.3 Å². The lowest BCUT2D eigenvalue weighted by Crippen LogP contribution is -2.40. The summed E-state index contributed by atoms with van der Waals surface area (Å²) in [4.78, 5) is 18.0. The van der Waals surface area contributed by atoms with Crippen LogP contribution in [0.4, 0.5) is 0 Å². The second-order valence-corrected chi connectivity index (χ2v) is 10.5. The van der Waals surface area contributed by atoms with Crippen LogP contribution in [-0.4, -0.2) is 46.5 Å². The van der Waals surface area contributed by atoms with Gasteiger partial charge in [0.2, 0.25) is 0 Å². The molecule has 0 saturated carbocycles. The van der Waals surface area contributed by atoms with Crippen molar-refractivity contribution in [2.75, 3.05) is 26.2 Å². The van der Waals surface area contributed by atoms with Crippen LogP contribution in [0.3, 0.4) is 0 Å². The van der Waals surface area contributed by atoms with Crippen LogP contribution in [-0.2, 0) is 13.0 Å². The number of carbonyl (C=O) groups excluding carboxylic acids is 1. The van der Waals surface area contributed by atoms with Crippen LogP contribution in [0.25, 0.3) is 0 Å². The van der Waals surface area contributed by atoms with E-state index in [1.54, 1.807) is 0 Å². The number of aromatic nitrogens is 1. The Kier molecular flexibility index (Phi) is 7.53. The Morgan fingerprint density at radius 1 is 0.889 bits per heavy atom. The van der Waals surface area contributed by atoms with Crippen LogP contribution < -0.4 is 0 Å². The molecule has 0 atom stereocenters. The van der Waals surface area contributed by atoms with Crippen molar-refractivity contribution in [1.29, 1.82) is 5.26 Å². The summed E-state index contributed by atoms with van der Waals surface area (Å²) in [5.41, 5.74) is 5.51. The van der Waals surface area contributed by atoms with Crippen LogP contribution in [0.1, 0.15) is 64.5 Å². The molecule has 3 aromatic rings. The minimum absolute atomic E-state index is 0.189. The van der Waals surface area contributed by atoms with Crippen LogP contribution in [0.2, 0.25) is 0 Å². The minimum Gasteiger partial charge on any atom is -0.340 e. The molecule has 36 heavy (non-hydrogen) atoms. The number of rotatable bonds is 6. The topological polar surface area (TPSA) is 52.3 Å². The maximum absolute atomic E-state index is 13.5. The van der Waals surface area contributed by atoms with E-state index in [-0.39, 0.29) is 5.91 Å². The van der Waals surface area contributed by atoms with E-state index in [2.05, 4.69) is 70.0 Å². The molecule has 5 heteroatoms. The molecule has 2 saturated heterocycles. The third-order valence-corrected chi connectivity index (χ3v) is 7.98. The quantitative estimate of drug-likeness (QED) is 0.461. The highest BCUT2D eigenvalue weighted by atomic mass is 16.2. The van der Waals surface area contributed by atoms with Gasteiger partial charge in [0.05, 0.1) is 11.6 Å². The van der Waals surface area contributed by atoms with Crippen LogP contribution in [0, 0.1) is 24.2 Å². The number of nitriles is 1. The van der Waals surface area contributed by atoms with E-state index in [4.69, 9.17) is 5.26 Å². The molecule has 0 aliphatic carbocycles. The Bertz CT molecular complexity index is 1190. The van der Waals surface area contributed by atoms with Crippen molar-refractivity contribution in [1.82, 2.24) is 14.4 Å². The number of nitrogens with zero attached hydrogens (tertiary/aromatic N) is 4. The molecule has 5 rings (SSSR count). The van der Waals surface area contributed by atoms with E-state index in [0.717, 1.165) is 70.5 Å². The van der Waals surface area contributed by atoms with Crippen molar-refractivity contribution in [3.05, 3.63) is 94.8 Å². The molecule has 5 nitrogen and oxygen atoms in total. The Balaban J connectivity index is 1.13. The summed E-state index contributed by atoms with van der Waals surface area (Å²) in [5, 5.41) is 9.00. The van der Waals surface area contributed by atoms with Gasteiger partial charge in [0, 0.05) is 45.0 Å². The van der Waals surface area contributed by atoms with E-state index in [0.29, 0.717) is 17.5 Å². The van der Waals surface area contributed by atoms with E-state index < -0.39 is 0 Å². The molecule has 0 radical (unpaired) electrons. The molecular formula is C31H36N4O. The number of aryl methyl sites for hydroxylation is 1. The van der Waals surface area contributed by atoms with Gasteiger partial charge < -0.3 is 9.47 Å². The zero-order valence-corrected chi connectivity index (χ0v) is 21.3. The average molecular weight is 481 g/mol. The monoisotopic (exact) mass is 480 g/mol. The van der Waals surface area contributed by atoms with Crippen molar-refractivity contribution < 1.29 is 4.79 Å². The zero-order valence-electron chi connectivity index (χ0n) is 21.3. The first kappa shape index (κ1) is 24.3. The van der Waals surface area contributed by atoms with Crippen molar-refractivity contribution in [3.8, 4) is 6.07 Å². The van der Waals surface area contributed by atoms with Gasteiger partial charge in [-0.15, -0.1) is 0 Å². The fourth-order valence-corrected chi connectivity index (χ4v) is 5.75. The van der Waals surface area contributed by atoms with Crippen LogP contribution in [0.15, 0.2) is 66.9 Å². The second-order valence-electron chi connectivity index (χ2n) is 10.5. The Labute approximate surface area is 215 Å². The summed E-state index contributed by atoms with van der Waals surface area (Å²) >= 11 is 0. The smallest absolute Gasteiger partial charge is 0.270 e. The van der Waals surface area contributed by atoms with Gasteiger partial charge in [0.25, 0.3) is 5.91 Å². The maximum Gasteiger partial charge on any atom is 0.270 e. The maximum atomic E-state index is 13.5. The highest BCUT2D eigenvalue weighted by Crippen LogP contribution is 2.28. The van der Waals surface area contributed by atoms with Gasteiger partial charge in [0.15, 0.2) is 0 Å². The Hall–Kier alpha value is -3.36. The molecule has 1 amide bonds. The molecule has 3 heterocycles. The molecule has 1 aromatic heterocycles. The lowest BCUT2D eigenvalue weighted by atomic mass is 9.90. The molecule has 2 aliphatic rings. The lowest BCUT2D eigenvalue weighted by Gasteiger charge is -2.35. The fourth-order valence-electron chi connectivity index (χ4n) is 5.75. The third-order valence-electron chi connectivity index (χ3n) is 7.98. The molecule has 2 fully saturated rings. The Morgan fingerprint density at radius 2 is 1.56 bits per heavy atom. The summed E-state index contributed by atoms with van der Waals surface area (Å²) in [7, 11) is 0. The van der Waals surface area contributed by atoms with Crippen LogP contribution >= 0.6 is 0 Å². The minimum atomic E-state index is 0.189. The standard InChI is InChI=1S/C31H36N4O/c1-24-4-6-25(7-5-24)21-26-12-19-34(20-13-26)31(36)30-3-2-16-35(30)29-14-17-33(18-15-29)23-28-10-8-27(22-32)9-11-28/h2-11,16,26,29H,12-15,17-21,23H2,1H3. The molecule has 186 valence electrons. The summed E-state index contributed by atoms with van der Waals surface area (Å²) in [5.74, 6) is 0.845. The van der Waals surface area contributed by atoms with Gasteiger partial charge in [-0.1, -0.05) is 42.0 Å². The fraction of sp³-hybridized carbons (Fsp3) is 0.419. The normalized spacial score (nSPS) is 17.7. The first-order valence-electron chi connectivity index (χ1n) is 13.3. The van der Waals surface area contributed by atoms with Crippen molar-refractivity contribution in [2.24, 2.45) is 5.92 Å². The lowest BCUT2D eigenvalue weighted by molar-refractivity contribution is 0.0673. The van der Waals surface area contributed by atoms with Gasteiger partial charge >= 0.3 is 0 Å². The predicted octanol–water partition coefficient (Wildman–Crippen LogP) is 5.60. The molecule has 2 aliphatic heterocycles. The number of amides is 1. The highest BCUT2D eigenvalue weighted by Gasteiger charge is 2.28. The van der Waals surface area contributed by atoms with Gasteiger partial charge in [-0.2, -0.15) is 5.26 Å². The summed E-state index contributed by atoms with van der Waals surface area (Å²) in [6.07, 6.45) is 7.45. The SMILES string of the molecule is Cc1ccc(CC2CCN(C(=O)c3cccn3C3CCN(Cc4ccc(C#N)cc4)CC3)CC2)cc1. The summed E-state index contributed by atoms with van der Waals surface area (Å²) in [6, 6.07) is 23.4. The van der Waals surface area contributed by atoms with Gasteiger partial charge in [-0.3, -0.25) is 9.69 Å². The number of hydrogen-bond acceptors (Lipinski definition) is 3.